The number of Topliss-reactive ketones (excluding diaryl/α,β-unsaturated/α-hetero) is 1. The Morgan fingerprint density at radius 2 is 1.80 bits per heavy atom. The molecule has 0 N–H and O–H groups in total. The topological polar surface area (TPSA) is 105 Å². The van der Waals surface area contributed by atoms with E-state index in [9.17, 15) is 19.7 Å². The zero-order valence-corrected chi connectivity index (χ0v) is 16.1. The highest BCUT2D eigenvalue weighted by atomic mass is 16.7. The lowest BCUT2D eigenvalue weighted by Gasteiger charge is -2.16. The van der Waals surface area contributed by atoms with E-state index in [2.05, 4.69) is 0 Å². The highest BCUT2D eigenvalue weighted by molar-refractivity contribution is 5.99. The van der Waals surface area contributed by atoms with E-state index < -0.39 is 17.5 Å². The minimum atomic E-state index is -0.770. The number of hydrogen-bond acceptors (Lipinski definition) is 7. The Labute approximate surface area is 172 Å². The quantitative estimate of drug-likeness (QED) is 0.236. The van der Waals surface area contributed by atoms with E-state index in [0.29, 0.717) is 11.3 Å². The molecule has 2 aliphatic rings. The van der Waals surface area contributed by atoms with Gasteiger partial charge in [0.15, 0.2) is 23.9 Å². The predicted molar refractivity (Wildman–Crippen MR) is 107 cm³/mol. The average Bonchev–Trinajstić information content (AvgIpc) is 3.22. The zero-order chi connectivity index (χ0) is 21.1. The van der Waals surface area contributed by atoms with Crippen LogP contribution in [0.25, 0.3) is 6.08 Å². The fourth-order valence-electron chi connectivity index (χ4n) is 3.57. The number of fused-ring (bicyclic) bond motifs is 2. The van der Waals surface area contributed by atoms with Crippen molar-refractivity contribution in [2.75, 3.05) is 13.4 Å². The van der Waals surface area contributed by atoms with Crippen molar-refractivity contribution in [3.05, 3.63) is 68.8 Å². The molecular formula is C22H19NO7. The molecule has 2 aromatic carbocycles. The van der Waals surface area contributed by atoms with Crippen LogP contribution in [0.15, 0.2) is 36.4 Å². The van der Waals surface area contributed by atoms with E-state index in [1.807, 2.05) is 12.1 Å². The van der Waals surface area contributed by atoms with Gasteiger partial charge in [0.2, 0.25) is 6.79 Å². The first-order chi connectivity index (χ1) is 14.5. The number of carbonyl (C=O) groups excluding carboxylic acids is 2. The van der Waals surface area contributed by atoms with Gasteiger partial charge < -0.3 is 14.2 Å². The van der Waals surface area contributed by atoms with Crippen molar-refractivity contribution < 1.29 is 28.7 Å². The third kappa shape index (κ3) is 4.17. The molecule has 2 aromatic rings. The van der Waals surface area contributed by atoms with Crippen molar-refractivity contribution in [2.24, 2.45) is 0 Å². The van der Waals surface area contributed by atoms with Gasteiger partial charge in [-0.25, -0.2) is 4.79 Å². The Bertz CT molecular complexity index is 1060. The largest absolute Gasteiger partial charge is 0.454 e. The number of rotatable bonds is 6. The van der Waals surface area contributed by atoms with Crippen LogP contribution in [0.5, 0.6) is 11.5 Å². The van der Waals surface area contributed by atoms with Gasteiger partial charge in [-0.2, -0.15) is 0 Å². The molecular weight excluding hydrogens is 390 g/mol. The number of ketones is 1. The van der Waals surface area contributed by atoms with Gasteiger partial charge in [-0.1, -0.05) is 12.1 Å². The van der Waals surface area contributed by atoms with Gasteiger partial charge >= 0.3 is 5.97 Å². The Balaban J connectivity index is 1.40. The second-order valence-corrected chi connectivity index (χ2v) is 7.08. The zero-order valence-electron chi connectivity index (χ0n) is 16.1. The van der Waals surface area contributed by atoms with E-state index in [1.54, 1.807) is 6.07 Å². The molecule has 154 valence electrons. The van der Waals surface area contributed by atoms with Gasteiger partial charge in [0, 0.05) is 11.6 Å². The van der Waals surface area contributed by atoms with Crippen LogP contribution in [0.3, 0.4) is 0 Å². The summed E-state index contributed by atoms with van der Waals surface area (Å²) in [6.07, 6.45) is 6.54. The van der Waals surface area contributed by atoms with Crippen molar-refractivity contribution >= 4 is 23.5 Å². The van der Waals surface area contributed by atoms with Crippen LogP contribution in [0.4, 0.5) is 5.69 Å². The number of esters is 1. The summed E-state index contributed by atoms with van der Waals surface area (Å²) in [5.41, 5.74) is 2.89. The van der Waals surface area contributed by atoms with Crippen LogP contribution < -0.4 is 9.47 Å². The number of nitro groups is 1. The minimum absolute atomic E-state index is 0.0213. The molecule has 8 nitrogen and oxygen atoms in total. The molecule has 0 fully saturated rings. The van der Waals surface area contributed by atoms with Crippen molar-refractivity contribution in [3.63, 3.8) is 0 Å². The van der Waals surface area contributed by atoms with Gasteiger partial charge in [0.25, 0.3) is 5.69 Å². The summed E-state index contributed by atoms with van der Waals surface area (Å²) in [6, 6.07) is 8.25. The van der Waals surface area contributed by atoms with Crippen LogP contribution in [0.1, 0.15) is 39.9 Å². The summed E-state index contributed by atoms with van der Waals surface area (Å²) in [7, 11) is 0. The summed E-state index contributed by atoms with van der Waals surface area (Å²) in [4.78, 5) is 35.1. The average molecular weight is 409 g/mol. The molecule has 1 aliphatic heterocycles. The maximum atomic E-state index is 12.4. The van der Waals surface area contributed by atoms with Crippen LogP contribution >= 0.6 is 0 Å². The summed E-state index contributed by atoms with van der Waals surface area (Å²) in [5, 5.41) is 11.3. The maximum Gasteiger partial charge on any atom is 0.331 e. The molecule has 0 amide bonds. The molecule has 0 spiro atoms. The molecule has 0 saturated carbocycles. The van der Waals surface area contributed by atoms with Gasteiger partial charge in [-0.05, 0) is 55.0 Å². The molecule has 0 atom stereocenters. The van der Waals surface area contributed by atoms with E-state index in [0.717, 1.165) is 31.8 Å². The number of nitrogens with zero attached hydrogens (tertiary/aromatic N) is 1. The Kier molecular flexibility index (Phi) is 5.47. The van der Waals surface area contributed by atoms with Crippen LogP contribution in [-0.2, 0) is 22.4 Å². The molecule has 1 aliphatic carbocycles. The lowest BCUT2D eigenvalue weighted by atomic mass is 9.90. The van der Waals surface area contributed by atoms with E-state index in [1.165, 1.54) is 29.3 Å². The smallest absolute Gasteiger partial charge is 0.331 e. The van der Waals surface area contributed by atoms with E-state index >= 15 is 0 Å². The third-order valence-electron chi connectivity index (χ3n) is 5.13. The van der Waals surface area contributed by atoms with Gasteiger partial charge in [0.1, 0.15) is 0 Å². The minimum Gasteiger partial charge on any atom is -0.454 e. The lowest BCUT2D eigenvalue weighted by molar-refractivity contribution is -0.385. The van der Waals surface area contributed by atoms with Crippen molar-refractivity contribution in [2.45, 2.75) is 25.7 Å². The second-order valence-electron chi connectivity index (χ2n) is 7.08. The third-order valence-corrected chi connectivity index (χ3v) is 5.13. The number of nitro benzene ring substituents is 1. The molecule has 1 heterocycles. The summed E-state index contributed by atoms with van der Waals surface area (Å²) in [6.45, 7) is -0.419. The number of carbonyl (C=O) groups is 2. The van der Waals surface area contributed by atoms with E-state index in [-0.39, 0.29) is 29.6 Å². The molecule has 0 bridgehead atoms. The normalized spacial score (nSPS) is 14.4. The molecule has 30 heavy (non-hydrogen) atoms. The Morgan fingerprint density at radius 1 is 1.07 bits per heavy atom. The fraction of sp³-hybridized carbons (Fsp3) is 0.273. The van der Waals surface area contributed by atoms with Gasteiger partial charge in [0.05, 0.1) is 16.6 Å². The summed E-state index contributed by atoms with van der Waals surface area (Å²) >= 11 is 0. The first-order valence-corrected chi connectivity index (χ1v) is 9.59. The number of aryl methyl sites for hydroxylation is 2. The molecule has 8 heteroatoms. The SMILES string of the molecule is O=C(/C=C/c1cc2c(cc1[N+](=O)[O-])OCO2)OCC(=O)c1ccc2c(c1)CCCC2. The fourth-order valence-corrected chi connectivity index (χ4v) is 3.57. The van der Waals surface area contributed by atoms with Crippen molar-refractivity contribution in [1.29, 1.82) is 0 Å². The first kappa shape index (κ1) is 19.6. The van der Waals surface area contributed by atoms with Crippen LogP contribution in [-0.4, -0.2) is 30.1 Å². The van der Waals surface area contributed by atoms with Gasteiger partial charge in [-0.3, -0.25) is 14.9 Å². The number of benzene rings is 2. The van der Waals surface area contributed by atoms with Crippen LogP contribution in [0, 0.1) is 10.1 Å². The lowest BCUT2D eigenvalue weighted by Crippen LogP contribution is -2.14. The van der Waals surface area contributed by atoms with Gasteiger partial charge in [-0.15, -0.1) is 0 Å². The van der Waals surface area contributed by atoms with Crippen molar-refractivity contribution in [3.8, 4) is 11.5 Å². The number of ether oxygens (including phenoxy) is 3. The Hall–Kier alpha value is -3.68. The summed E-state index contributed by atoms with van der Waals surface area (Å²) in [5.74, 6) is -0.430. The Morgan fingerprint density at radius 3 is 2.57 bits per heavy atom. The molecule has 0 saturated heterocycles. The second kappa shape index (κ2) is 8.36. The standard InChI is InChI=1S/C22H19NO7/c24-19(17-6-5-14-3-1-2-4-15(14)9-17)12-28-22(25)8-7-16-10-20-21(30-13-29-20)11-18(16)23(26)27/h5-11H,1-4,12-13H2/b8-7+. The maximum absolute atomic E-state index is 12.4. The predicted octanol–water partition coefficient (Wildman–Crippen LogP) is 3.64. The number of hydrogen-bond donors (Lipinski definition) is 0. The molecule has 0 aromatic heterocycles. The highest BCUT2D eigenvalue weighted by Crippen LogP contribution is 2.38. The molecule has 0 radical (unpaired) electrons. The molecule has 0 unspecified atom stereocenters. The van der Waals surface area contributed by atoms with Crippen molar-refractivity contribution in [1.82, 2.24) is 0 Å². The first-order valence-electron chi connectivity index (χ1n) is 9.59. The van der Waals surface area contributed by atoms with E-state index in [4.69, 9.17) is 14.2 Å². The summed E-state index contributed by atoms with van der Waals surface area (Å²) < 4.78 is 15.4. The van der Waals surface area contributed by atoms with Crippen LogP contribution in [0.2, 0.25) is 0 Å². The monoisotopic (exact) mass is 409 g/mol. The molecule has 4 rings (SSSR count). The highest BCUT2D eigenvalue weighted by Gasteiger charge is 2.22.